The molecule has 0 aromatic heterocycles. The first kappa shape index (κ1) is 22.0. The van der Waals surface area contributed by atoms with Crippen molar-refractivity contribution >= 4 is 35.6 Å². The van der Waals surface area contributed by atoms with Gasteiger partial charge in [0.15, 0.2) is 5.96 Å². The predicted octanol–water partition coefficient (Wildman–Crippen LogP) is 2.91. The fourth-order valence-corrected chi connectivity index (χ4v) is 2.93. The van der Waals surface area contributed by atoms with Gasteiger partial charge in [0.05, 0.1) is 6.54 Å². The Morgan fingerprint density at radius 1 is 1.08 bits per heavy atom. The molecule has 0 saturated carbocycles. The van der Waals surface area contributed by atoms with Gasteiger partial charge in [0.25, 0.3) is 0 Å². The molecule has 25 heavy (non-hydrogen) atoms. The van der Waals surface area contributed by atoms with Crippen LogP contribution in [-0.2, 0) is 6.54 Å². The summed E-state index contributed by atoms with van der Waals surface area (Å²) in [7, 11) is 4.12. The smallest absolute Gasteiger partial charge is 0.191 e. The highest BCUT2D eigenvalue weighted by Gasteiger charge is 2.09. The molecule has 2 rings (SSSR count). The van der Waals surface area contributed by atoms with Crippen molar-refractivity contribution in [3.05, 3.63) is 29.8 Å². The van der Waals surface area contributed by atoms with Crippen LogP contribution in [0.15, 0.2) is 29.3 Å². The van der Waals surface area contributed by atoms with E-state index in [1.807, 2.05) is 0 Å². The van der Waals surface area contributed by atoms with Gasteiger partial charge in [-0.3, -0.25) is 0 Å². The van der Waals surface area contributed by atoms with Crippen molar-refractivity contribution in [2.45, 2.75) is 32.7 Å². The zero-order valence-electron chi connectivity index (χ0n) is 15.9. The predicted molar refractivity (Wildman–Crippen MR) is 119 cm³/mol. The van der Waals surface area contributed by atoms with Gasteiger partial charge in [-0.25, -0.2) is 4.99 Å². The minimum atomic E-state index is 0. The molecule has 0 bridgehead atoms. The standard InChI is InChI=1S/C19H33N5.HI/c1-4-20-19(21-12-15-24-13-6-5-7-14-24)22-16-17-8-10-18(11-9-17)23(2)3;/h8-11H,4-7,12-16H2,1-3H3,(H2,20,21,22);1H. The van der Waals surface area contributed by atoms with E-state index in [0.717, 1.165) is 25.6 Å². The summed E-state index contributed by atoms with van der Waals surface area (Å²) in [5.41, 5.74) is 2.45. The van der Waals surface area contributed by atoms with E-state index in [4.69, 9.17) is 4.99 Å². The van der Waals surface area contributed by atoms with Crippen LogP contribution in [0.4, 0.5) is 5.69 Å². The normalized spacial score (nSPS) is 15.4. The van der Waals surface area contributed by atoms with Crippen molar-refractivity contribution in [2.75, 3.05) is 51.7 Å². The van der Waals surface area contributed by atoms with Gasteiger partial charge >= 0.3 is 0 Å². The number of aliphatic imine (C=N–C) groups is 1. The quantitative estimate of drug-likeness (QED) is 0.374. The summed E-state index contributed by atoms with van der Waals surface area (Å²) >= 11 is 0. The maximum atomic E-state index is 4.70. The molecule has 0 amide bonds. The number of guanidine groups is 1. The highest BCUT2D eigenvalue weighted by atomic mass is 127. The molecule has 0 radical (unpaired) electrons. The van der Waals surface area contributed by atoms with E-state index in [0.29, 0.717) is 6.54 Å². The molecule has 142 valence electrons. The first-order valence-corrected chi connectivity index (χ1v) is 9.20. The summed E-state index contributed by atoms with van der Waals surface area (Å²) in [4.78, 5) is 9.36. The molecule has 1 fully saturated rings. The Hall–Kier alpha value is -1.02. The largest absolute Gasteiger partial charge is 0.378 e. The van der Waals surface area contributed by atoms with Crippen molar-refractivity contribution in [3.8, 4) is 0 Å². The SMILES string of the molecule is CCNC(=NCc1ccc(N(C)C)cc1)NCCN1CCCCC1.I. The van der Waals surface area contributed by atoms with Crippen molar-refractivity contribution in [1.29, 1.82) is 0 Å². The van der Waals surface area contributed by atoms with E-state index in [1.165, 1.54) is 43.6 Å². The highest BCUT2D eigenvalue weighted by molar-refractivity contribution is 14.0. The van der Waals surface area contributed by atoms with Gasteiger partial charge in [-0.05, 0) is 50.6 Å². The number of halogens is 1. The molecule has 1 saturated heterocycles. The van der Waals surface area contributed by atoms with Crippen molar-refractivity contribution in [3.63, 3.8) is 0 Å². The van der Waals surface area contributed by atoms with Crippen LogP contribution in [0.25, 0.3) is 0 Å². The molecular formula is C19H34IN5. The number of piperidine rings is 1. The molecule has 1 aromatic carbocycles. The maximum Gasteiger partial charge on any atom is 0.191 e. The lowest BCUT2D eigenvalue weighted by molar-refractivity contribution is 0.232. The Labute approximate surface area is 170 Å². The van der Waals surface area contributed by atoms with Crippen LogP contribution in [0.3, 0.4) is 0 Å². The Morgan fingerprint density at radius 3 is 2.36 bits per heavy atom. The minimum Gasteiger partial charge on any atom is -0.378 e. The molecule has 1 aliphatic heterocycles. The summed E-state index contributed by atoms with van der Waals surface area (Å²) in [5.74, 6) is 0.909. The number of anilines is 1. The van der Waals surface area contributed by atoms with Gasteiger partial charge in [-0.15, -0.1) is 24.0 Å². The van der Waals surface area contributed by atoms with Gasteiger partial charge in [-0.1, -0.05) is 18.6 Å². The lowest BCUT2D eigenvalue weighted by Crippen LogP contribution is -2.42. The Kier molecular flexibility index (Phi) is 10.9. The van der Waals surface area contributed by atoms with Crippen LogP contribution in [0.5, 0.6) is 0 Å². The average molecular weight is 459 g/mol. The van der Waals surface area contributed by atoms with Crippen LogP contribution < -0.4 is 15.5 Å². The van der Waals surface area contributed by atoms with Crippen molar-refractivity contribution in [1.82, 2.24) is 15.5 Å². The Balaban J connectivity index is 0.00000312. The van der Waals surface area contributed by atoms with Crippen LogP contribution in [0.1, 0.15) is 31.7 Å². The highest BCUT2D eigenvalue weighted by Crippen LogP contribution is 2.12. The van der Waals surface area contributed by atoms with E-state index in [9.17, 15) is 0 Å². The molecule has 5 nitrogen and oxygen atoms in total. The number of hydrogen-bond donors (Lipinski definition) is 2. The summed E-state index contributed by atoms with van der Waals surface area (Å²) in [5, 5.41) is 6.79. The molecule has 2 N–H and O–H groups in total. The number of likely N-dealkylation sites (tertiary alicyclic amines) is 1. The molecule has 0 unspecified atom stereocenters. The fourth-order valence-electron chi connectivity index (χ4n) is 2.93. The van der Waals surface area contributed by atoms with E-state index in [-0.39, 0.29) is 24.0 Å². The lowest BCUT2D eigenvalue weighted by atomic mass is 10.1. The van der Waals surface area contributed by atoms with Gasteiger partial charge in [0.2, 0.25) is 0 Å². The molecule has 1 aromatic rings. The number of nitrogens with one attached hydrogen (secondary N) is 2. The second-order valence-electron chi connectivity index (χ2n) is 6.59. The van der Waals surface area contributed by atoms with Gasteiger partial charge < -0.3 is 20.4 Å². The zero-order chi connectivity index (χ0) is 17.2. The molecule has 0 spiro atoms. The third-order valence-electron chi connectivity index (χ3n) is 4.39. The summed E-state index contributed by atoms with van der Waals surface area (Å²) in [6.45, 7) is 8.23. The molecule has 0 aliphatic carbocycles. The second-order valence-corrected chi connectivity index (χ2v) is 6.59. The maximum absolute atomic E-state index is 4.70. The van der Waals surface area contributed by atoms with E-state index < -0.39 is 0 Å². The zero-order valence-corrected chi connectivity index (χ0v) is 18.3. The van der Waals surface area contributed by atoms with Crippen molar-refractivity contribution in [2.24, 2.45) is 4.99 Å². The molecule has 6 heteroatoms. The molecule has 1 heterocycles. The number of benzene rings is 1. The second kappa shape index (κ2) is 12.4. The number of nitrogens with zero attached hydrogens (tertiary/aromatic N) is 3. The van der Waals surface area contributed by atoms with Gasteiger partial charge in [0.1, 0.15) is 0 Å². The van der Waals surface area contributed by atoms with Crippen LogP contribution in [0.2, 0.25) is 0 Å². The first-order valence-electron chi connectivity index (χ1n) is 9.20. The molecular weight excluding hydrogens is 425 g/mol. The van der Waals surface area contributed by atoms with E-state index >= 15 is 0 Å². The topological polar surface area (TPSA) is 42.9 Å². The van der Waals surface area contributed by atoms with E-state index in [1.54, 1.807) is 0 Å². The fraction of sp³-hybridized carbons (Fsp3) is 0.632. The third kappa shape index (κ3) is 8.27. The first-order chi connectivity index (χ1) is 11.7. The minimum absolute atomic E-state index is 0. The van der Waals surface area contributed by atoms with Gasteiger partial charge in [0, 0.05) is 39.4 Å². The van der Waals surface area contributed by atoms with Crippen LogP contribution in [0, 0.1) is 0 Å². The number of hydrogen-bond acceptors (Lipinski definition) is 3. The lowest BCUT2D eigenvalue weighted by Gasteiger charge is -2.26. The number of rotatable bonds is 7. The van der Waals surface area contributed by atoms with Crippen LogP contribution >= 0.6 is 24.0 Å². The third-order valence-corrected chi connectivity index (χ3v) is 4.39. The summed E-state index contributed by atoms with van der Waals surface area (Å²) in [6.07, 6.45) is 4.08. The summed E-state index contributed by atoms with van der Waals surface area (Å²) in [6, 6.07) is 8.58. The van der Waals surface area contributed by atoms with Gasteiger partial charge in [-0.2, -0.15) is 0 Å². The Bertz CT molecular complexity index is 495. The molecule has 0 atom stereocenters. The Morgan fingerprint density at radius 2 is 1.76 bits per heavy atom. The monoisotopic (exact) mass is 459 g/mol. The molecule has 1 aliphatic rings. The average Bonchev–Trinajstić information content (AvgIpc) is 2.61. The summed E-state index contributed by atoms with van der Waals surface area (Å²) < 4.78 is 0. The van der Waals surface area contributed by atoms with Crippen LogP contribution in [-0.4, -0.2) is 57.7 Å². The van der Waals surface area contributed by atoms with Crippen molar-refractivity contribution < 1.29 is 0 Å². The van der Waals surface area contributed by atoms with E-state index in [2.05, 4.69) is 65.7 Å².